The first kappa shape index (κ1) is 20.3. The van der Waals surface area contributed by atoms with Gasteiger partial charge in [0.1, 0.15) is 0 Å². The van der Waals surface area contributed by atoms with Crippen molar-refractivity contribution in [1.82, 2.24) is 0 Å². The molecule has 0 atom stereocenters. The Morgan fingerprint density at radius 2 is 1.93 bits per heavy atom. The molecule has 0 spiro atoms. The minimum absolute atomic E-state index is 0.0223. The van der Waals surface area contributed by atoms with E-state index >= 15 is 0 Å². The molecule has 5 nitrogen and oxygen atoms in total. The van der Waals surface area contributed by atoms with Crippen LogP contribution >= 0.6 is 35.6 Å². The average molecular weight is 445 g/mol. The average Bonchev–Trinajstić information content (AvgIpc) is 2.89. The Morgan fingerprint density at radius 1 is 1.21 bits per heavy atom. The number of nitrogens with zero attached hydrogens (tertiary/aromatic N) is 2. The lowest BCUT2D eigenvalue weighted by atomic mass is 10.1. The van der Waals surface area contributed by atoms with Crippen molar-refractivity contribution in [3.05, 3.63) is 73.6 Å². The van der Waals surface area contributed by atoms with Crippen LogP contribution in [0.1, 0.15) is 11.1 Å². The number of hydrogen-bond acceptors (Lipinski definition) is 5. The highest BCUT2D eigenvalue weighted by molar-refractivity contribution is 8.27. The third kappa shape index (κ3) is 4.03. The molecule has 3 rings (SSSR count). The van der Waals surface area contributed by atoms with Crippen molar-refractivity contribution in [2.24, 2.45) is 0 Å². The van der Waals surface area contributed by atoms with Gasteiger partial charge in [0.15, 0.2) is 4.32 Å². The first-order chi connectivity index (χ1) is 13.1. The summed E-state index contributed by atoms with van der Waals surface area (Å²) in [6, 6.07) is 7.96. The summed E-state index contributed by atoms with van der Waals surface area (Å²) >= 11 is 12.0. The van der Waals surface area contributed by atoms with Gasteiger partial charge in [-0.3, -0.25) is 19.8 Å². The van der Waals surface area contributed by atoms with Crippen molar-refractivity contribution in [3.8, 4) is 0 Å². The van der Waals surface area contributed by atoms with E-state index in [2.05, 4.69) is 0 Å². The van der Waals surface area contributed by atoms with E-state index in [-0.39, 0.29) is 31.2 Å². The van der Waals surface area contributed by atoms with E-state index in [1.54, 1.807) is 0 Å². The Morgan fingerprint density at radius 3 is 2.57 bits per heavy atom. The quantitative estimate of drug-likeness (QED) is 0.264. The minimum Gasteiger partial charge on any atom is -0.268 e. The maximum Gasteiger partial charge on any atom is 0.416 e. The number of amides is 1. The number of nitro groups is 1. The number of thioether (sulfide) groups is 1. The molecule has 0 aliphatic carbocycles. The van der Waals surface area contributed by atoms with Crippen LogP contribution in [-0.4, -0.2) is 15.2 Å². The molecule has 0 radical (unpaired) electrons. The number of anilines is 1. The van der Waals surface area contributed by atoms with E-state index in [9.17, 15) is 28.1 Å². The molecule has 1 heterocycles. The lowest BCUT2D eigenvalue weighted by Gasteiger charge is -2.16. The molecule has 0 N–H and O–H groups in total. The van der Waals surface area contributed by atoms with Gasteiger partial charge in [0, 0.05) is 22.7 Å². The van der Waals surface area contributed by atoms with Gasteiger partial charge in [-0.25, -0.2) is 0 Å². The van der Waals surface area contributed by atoms with Gasteiger partial charge in [-0.05, 0) is 30.3 Å². The zero-order valence-corrected chi connectivity index (χ0v) is 16.0. The highest BCUT2D eigenvalue weighted by atomic mass is 35.5. The van der Waals surface area contributed by atoms with Crippen LogP contribution in [0, 0.1) is 10.1 Å². The standard InChI is InChI=1S/C17H8ClF3N2O3S2/c18-13-5-4-12(23(25)26)6-9(13)7-14-15(24)22(16(27)28-14)11-3-1-2-10(8-11)17(19,20)21/h1-8H/b14-7-. The van der Waals surface area contributed by atoms with Gasteiger partial charge in [-0.15, -0.1) is 0 Å². The second-order valence-corrected chi connectivity index (χ2v) is 7.61. The molecule has 0 aromatic heterocycles. The van der Waals surface area contributed by atoms with Crippen molar-refractivity contribution in [2.45, 2.75) is 6.18 Å². The van der Waals surface area contributed by atoms with Crippen LogP contribution in [0.3, 0.4) is 0 Å². The predicted molar refractivity (Wildman–Crippen MR) is 105 cm³/mol. The third-order valence-electron chi connectivity index (χ3n) is 3.70. The number of carbonyl (C=O) groups is 1. The normalized spacial score (nSPS) is 16.1. The maximum absolute atomic E-state index is 12.9. The van der Waals surface area contributed by atoms with Gasteiger partial charge in [-0.1, -0.05) is 41.6 Å². The largest absolute Gasteiger partial charge is 0.416 e. The number of thiocarbonyl (C=S) groups is 1. The zero-order chi connectivity index (χ0) is 20.6. The molecule has 0 saturated carbocycles. The van der Waals surface area contributed by atoms with Crippen molar-refractivity contribution in [2.75, 3.05) is 4.90 Å². The van der Waals surface area contributed by atoms with E-state index < -0.39 is 22.6 Å². The molecule has 1 saturated heterocycles. The van der Waals surface area contributed by atoms with Crippen LogP contribution in [0.25, 0.3) is 6.08 Å². The van der Waals surface area contributed by atoms with Crippen LogP contribution < -0.4 is 4.90 Å². The number of carbonyl (C=O) groups excluding carboxylic acids is 1. The summed E-state index contributed by atoms with van der Waals surface area (Å²) in [6.45, 7) is 0. The summed E-state index contributed by atoms with van der Waals surface area (Å²) < 4.78 is 38.9. The van der Waals surface area contributed by atoms with E-state index in [1.807, 2.05) is 0 Å². The molecule has 11 heteroatoms. The molecular formula is C17H8ClF3N2O3S2. The van der Waals surface area contributed by atoms with E-state index in [1.165, 1.54) is 36.4 Å². The Hall–Kier alpha value is -2.43. The molecule has 2 aromatic rings. The second kappa shape index (κ2) is 7.53. The number of nitro benzene ring substituents is 1. The second-order valence-electron chi connectivity index (χ2n) is 5.53. The van der Waals surface area contributed by atoms with Crippen LogP contribution in [0.5, 0.6) is 0 Å². The lowest BCUT2D eigenvalue weighted by Crippen LogP contribution is -2.27. The van der Waals surface area contributed by atoms with Crippen LogP contribution in [0.4, 0.5) is 24.5 Å². The van der Waals surface area contributed by atoms with Gasteiger partial charge >= 0.3 is 6.18 Å². The highest BCUT2D eigenvalue weighted by Gasteiger charge is 2.36. The predicted octanol–water partition coefficient (Wildman–Crippen LogP) is 5.67. The lowest BCUT2D eigenvalue weighted by molar-refractivity contribution is -0.384. The highest BCUT2D eigenvalue weighted by Crippen LogP contribution is 2.39. The number of hydrogen-bond donors (Lipinski definition) is 0. The minimum atomic E-state index is -4.57. The molecule has 1 fully saturated rings. The topological polar surface area (TPSA) is 63.4 Å². The van der Waals surface area contributed by atoms with Gasteiger partial charge < -0.3 is 0 Å². The first-order valence-electron chi connectivity index (χ1n) is 7.47. The van der Waals surface area contributed by atoms with Gasteiger partial charge in [0.2, 0.25) is 0 Å². The molecule has 28 heavy (non-hydrogen) atoms. The van der Waals surface area contributed by atoms with E-state index in [0.29, 0.717) is 0 Å². The summed E-state index contributed by atoms with van der Waals surface area (Å²) in [5.41, 5.74) is -0.931. The molecule has 1 amide bonds. The van der Waals surface area contributed by atoms with Crippen LogP contribution in [0.2, 0.25) is 5.02 Å². The zero-order valence-electron chi connectivity index (χ0n) is 13.6. The van der Waals surface area contributed by atoms with Crippen molar-refractivity contribution >= 4 is 63.3 Å². The summed E-state index contributed by atoms with van der Waals surface area (Å²) in [6.07, 6.45) is -3.25. The number of benzene rings is 2. The number of non-ortho nitro benzene ring substituents is 1. The Bertz CT molecular complexity index is 1040. The Balaban J connectivity index is 1.98. The summed E-state index contributed by atoms with van der Waals surface area (Å²) in [7, 11) is 0. The third-order valence-corrected chi connectivity index (χ3v) is 5.35. The van der Waals surface area contributed by atoms with Gasteiger partial charge in [-0.2, -0.15) is 13.2 Å². The molecule has 1 aliphatic heterocycles. The fraction of sp³-hybridized carbons (Fsp3) is 0.0588. The van der Waals surface area contributed by atoms with Gasteiger partial charge in [0.25, 0.3) is 11.6 Å². The number of alkyl halides is 3. The molecular weight excluding hydrogens is 437 g/mol. The van der Waals surface area contributed by atoms with Crippen LogP contribution in [0.15, 0.2) is 47.4 Å². The summed E-state index contributed by atoms with van der Waals surface area (Å²) in [5.74, 6) is -0.642. The van der Waals surface area contributed by atoms with Crippen molar-refractivity contribution in [3.63, 3.8) is 0 Å². The van der Waals surface area contributed by atoms with Crippen molar-refractivity contribution in [1.29, 1.82) is 0 Å². The SMILES string of the molecule is O=C1/C(=C/c2cc([N+](=O)[O-])ccc2Cl)SC(=S)N1c1cccc(C(F)(F)F)c1. The van der Waals surface area contributed by atoms with Crippen LogP contribution in [-0.2, 0) is 11.0 Å². The smallest absolute Gasteiger partial charge is 0.268 e. The maximum atomic E-state index is 12.9. The summed E-state index contributed by atoms with van der Waals surface area (Å²) in [5, 5.41) is 11.1. The molecule has 0 unspecified atom stereocenters. The molecule has 144 valence electrons. The number of rotatable bonds is 3. The van der Waals surface area contributed by atoms with E-state index in [0.717, 1.165) is 28.8 Å². The summed E-state index contributed by atoms with van der Waals surface area (Å²) in [4.78, 5) is 24.1. The number of halogens is 4. The van der Waals surface area contributed by atoms with E-state index in [4.69, 9.17) is 23.8 Å². The molecule has 2 aromatic carbocycles. The van der Waals surface area contributed by atoms with Gasteiger partial charge in [0.05, 0.1) is 21.1 Å². The Labute approximate surface area is 170 Å². The Kier molecular flexibility index (Phi) is 5.46. The monoisotopic (exact) mass is 444 g/mol. The molecule has 0 bridgehead atoms. The fourth-order valence-corrected chi connectivity index (χ4v) is 3.87. The fourth-order valence-electron chi connectivity index (χ4n) is 2.41. The first-order valence-corrected chi connectivity index (χ1v) is 9.07. The van der Waals surface area contributed by atoms with Crippen molar-refractivity contribution < 1.29 is 22.9 Å². The molecule has 1 aliphatic rings.